The number of nitrogens with zero attached hydrogens (tertiary/aromatic N) is 1. The second kappa shape index (κ2) is 7.62. The summed E-state index contributed by atoms with van der Waals surface area (Å²) in [5, 5.41) is 0. The summed E-state index contributed by atoms with van der Waals surface area (Å²) in [4.78, 5) is 4.58. The topological polar surface area (TPSA) is 72.2 Å². The highest BCUT2D eigenvalue weighted by atomic mass is 32.2. The number of rotatable bonds is 6. The zero-order valence-electron chi connectivity index (χ0n) is 15.4. The summed E-state index contributed by atoms with van der Waals surface area (Å²) in [6, 6.07) is 11.4. The lowest BCUT2D eigenvalue weighted by molar-refractivity contribution is 0.531. The number of sulfonamides is 1. The fourth-order valence-corrected chi connectivity index (χ4v) is 4.15. The molecule has 0 saturated carbocycles. The molecule has 0 bridgehead atoms. The lowest BCUT2D eigenvalue weighted by atomic mass is 10.2. The minimum atomic E-state index is -3.61. The maximum atomic E-state index is 13.9. The van der Waals surface area contributed by atoms with Crippen LogP contribution in [0.5, 0.6) is 0 Å². The Morgan fingerprint density at radius 1 is 1.11 bits per heavy atom. The Morgan fingerprint density at radius 2 is 1.85 bits per heavy atom. The normalized spacial score (nSPS) is 11.7. The van der Waals surface area contributed by atoms with Crippen LogP contribution in [-0.2, 0) is 16.4 Å². The third-order valence-electron chi connectivity index (χ3n) is 4.27. The maximum absolute atomic E-state index is 13.9. The van der Waals surface area contributed by atoms with Gasteiger partial charge >= 0.3 is 0 Å². The van der Waals surface area contributed by atoms with E-state index in [9.17, 15) is 12.8 Å². The number of benzene rings is 2. The van der Waals surface area contributed by atoms with Crippen molar-refractivity contribution in [3.8, 4) is 11.5 Å². The predicted molar refractivity (Wildman–Crippen MR) is 101 cm³/mol. The van der Waals surface area contributed by atoms with Crippen LogP contribution in [0.4, 0.5) is 4.39 Å². The van der Waals surface area contributed by atoms with Gasteiger partial charge in [-0.2, -0.15) is 0 Å². The monoisotopic (exact) mass is 388 g/mol. The van der Waals surface area contributed by atoms with Crippen molar-refractivity contribution in [3.05, 3.63) is 70.9 Å². The van der Waals surface area contributed by atoms with Gasteiger partial charge in [0.25, 0.3) is 0 Å². The average molecular weight is 388 g/mol. The van der Waals surface area contributed by atoms with Crippen molar-refractivity contribution in [1.29, 1.82) is 0 Å². The molecule has 0 atom stereocenters. The molecule has 5 nitrogen and oxygen atoms in total. The molecule has 1 N–H and O–H groups in total. The second-order valence-corrected chi connectivity index (χ2v) is 8.15. The first-order valence-electron chi connectivity index (χ1n) is 8.56. The minimum Gasteiger partial charge on any atom is -0.441 e. The second-order valence-electron chi connectivity index (χ2n) is 6.42. The highest BCUT2D eigenvalue weighted by molar-refractivity contribution is 7.89. The molecular formula is C20H21FN2O3S. The summed E-state index contributed by atoms with van der Waals surface area (Å²) in [7, 11) is -3.61. The van der Waals surface area contributed by atoms with Gasteiger partial charge in [0, 0.05) is 13.0 Å². The first-order valence-corrected chi connectivity index (χ1v) is 10.0. The van der Waals surface area contributed by atoms with Crippen LogP contribution in [0.3, 0.4) is 0 Å². The number of hydrogen-bond acceptors (Lipinski definition) is 4. The molecule has 0 radical (unpaired) electrons. The molecule has 1 heterocycles. The molecule has 0 unspecified atom stereocenters. The van der Waals surface area contributed by atoms with Crippen molar-refractivity contribution in [1.82, 2.24) is 9.71 Å². The molecule has 0 amide bonds. The first-order chi connectivity index (χ1) is 12.8. The highest BCUT2D eigenvalue weighted by Gasteiger charge is 2.18. The largest absolute Gasteiger partial charge is 0.441 e. The molecule has 1 aromatic heterocycles. The van der Waals surface area contributed by atoms with Gasteiger partial charge in [-0.3, -0.25) is 0 Å². The van der Waals surface area contributed by atoms with Gasteiger partial charge in [0.05, 0.1) is 16.2 Å². The predicted octanol–water partition coefficient (Wildman–Crippen LogP) is 3.93. The van der Waals surface area contributed by atoms with E-state index in [1.54, 1.807) is 44.2 Å². The Balaban J connectivity index is 1.71. The lowest BCUT2D eigenvalue weighted by Gasteiger charge is -2.09. The smallest absolute Gasteiger partial charge is 0.240 e. The summed E-state index contributed by atoms with van der Waals surface area (Å²) in [6.07, 6.45) is 0.341. The Hall–Kier alpha value is -2.51. The van der Waals surface area contributed by atoms with Gasteiger partial charge in [0.2, 0.25) is 15.9 Å². The lowest BCUT2D eigenvalue weighted by Crippen LogP contribution is -2.26. The zero-order valence-corrected chi connectivity index (χ0v) is 16.2. The van der Waals surface area contributed by atoms with Crippen molar-refractivity contribution in [2.24, 2.45) is 0 Å². The summed E-state index contributed by atoms with van der Waals surface area (Å²) in [5.41, 5.74) is 2.58. The van der Waals surface area contributed by atoms with Gasteiger partial charge in [-0.15, -0.1) is 0 Å². The van der Waals surface area contributed by atoms with E-state index in [1.165, 1.54) is 6.07 Å². The van der Waals surface area contributed by atoms with Gasteiger partial charge in [0.1, 0.15) is 11.6 Å². The number of nitrogens with one attached hydrogen (secondary N) is 1. The summed E-state index contributed by atoms with van der Waals surface area (Å²) in [5.74, 6) is 0.317. The van der Waals surface area contributed by atoms with Crippen LogP contribution >= 0.6 is 0 Å². The van der Waals surface area contributed by atoms with Gasteiger partial charge in [-0.25, -0.2) is 22.5 Å². The van der Waals surface area contributed by atoms with Gasteiger partial charge in [-0.1, -0.05) is 29.8 Å². The minimum absolute atomic E-state index is 0.166. The molecule has 3 aromatic rings. The van der Waals surface area contributed by atoms with Crippen molar-refractivity contribution in [3.63, 3.8) is 0 Å². The quantitative estimate of drug-likeness (QED) is 0.695. The Labute approximate surface area is 158 Å². The number of aryl methyl sites for hydroxylation is 3. The molecule has 0 aliphatic rings. The highest BCUT2D eigenvalue weighted by Crippen LogP contribution is 2.24. The summed E-state index contributed by atoms with van der Waals surface area (Å²) in [6.45, 7) is 5.58. The van der Waals surface area contributed by atoms with Crippen LogP contribution in [-0.4, -0.2) is 19.9 Å². The van der Waals surface area contributed by atoms with E-state index in [0.29, 0.717) is 23.4 Å². The third kappa shape index (κ3) is 4.26. The molecular weight excluding hydrogens is 367 g/mol. The van der Waals surface area contributed by atoms with Crippen molar-refractivity contribution in [2.75, 3.05) is 6.54 Å². The molecule has 0 aliphatic heterocycles. The summed E-state index contributed by atoms with van der Waals surface area (Å²) < 4.78 is 47.0. The van der Waals surface area contributed by atoms with Gasteiger partial charge < -0.3 is 4.42 Å². The molecule has 0 spiro atoms. The zero-order chi connectivity index (χ0) is 19.6. The number of oxazole rings is 1. The van der Waals surface area contributed by atoms with Crippen LogP contribution in [0.15, 0.2) is 51.8 Å². The van der Waals surface area contributed by atoms with Crippen LogP contribution in [0.2, 0.25) is 0 Å². The van der Waals surface area contributed by atoms with E-state index in [0.717, 1.165) is 5.56 Å². The van der Waals surface area contributed by atoms with E-state index < -0.39 is 15.8 Å². The van der Waals surface area contributed by atoms with E-state index >= 15 is 0 Å². The van der Waals surface area contributed by atoms with Crippen molar-refractivity contribution in [2.45, 2.75) is 32.1 Å². The number of hydrogen-bond donors (Lipinski definition) is 1. The van der Waals surface area contributed by atoms with Crippen molar-refractivity contribution >= 4 is 10.0 Å². The fourth-order valence-electron chi connectivity index (χ4n) is 2.89. The maximum Gasteiger partial charge on any atom is 0.240 e. The molecule has 0 fully saturated rings. The van der Waals surface area contributed by atoms with Crippen molar-refractivity contribution < 1.29 is 17.2 Å². The number of halogens is 1. The van der Waals surface area contributed by atoms with Crippen LogP contribution < -0.4 is 4.72 Å². The number of aromatic nitrogens is 1. The van der Waals surface area contributed by atoms with Crippen LogP contribution in [0, 0.1) is 26.6 Å². The van der Waals surface area contributed by atoms with E-state index in [2.05, 4.69) is 9.71 Å². The molecule has 0 aliphatic carbocycles. The van der Waals surface area contributed by atoms with E-state index in [1.807, 2.05) is 13.0 Å². The molecule has 0 saturated heterocycles. The molecule has 27 heavy (non-hydrogen) atoms. The molecule has 3 rings (SSSR count). The summed E-state index contributed by atoms with van der Waals surface area (Å²) >= 11 is 0. The van der Waals surface area contributed by atoms with Gasteiger partial charge in [-0.05, 0) is 44.5 Å². The molecule has 142 valence electrons. The Kier molecular flexibility index (Phi) is 5.43. The third-order valence-corrected chi connectivity index (χ3v) is 5.89. The van der Waals surface area contributed by atoms with Crippen LogP contribution in [0.25, 0.3) is 11.5 Å². The van der Waals surface area contributed by atoms with Crippen LogP contribution in [0.1, 0.15) is 22.6 Å². The van der Waals surface area contributed by atoms with E-state index in [4.69, 9.17) is 4.42 Å². The molecule has 2 aromatic carbocycles. The fraction of sp³-hybridized carbons (Fsp3) is 0.250. The standard InChI is InChI=1S/C20H21FN2O3S/c1-13-8-9-19(14(2)12-13)27(24,25)22-11-10-18-15(3)26-20(23-18)16-6-4-5-7-17(16)21/h4-9,12,22H,10-11H2,1-3H3. The Morgan fingerprint density at radius 3 is 2.56 bits per heavy atom. The first kappa shape index (κ1) is 19.3. The average Bonchev–Trinajstić information content (AvgIpc) is 2.95. The molecule has 7 heteroatoms. The SMILES string of the molecule is Cc1ccc(S(=O)(=O)NCCc2nc(-c3ccccc3F)oc2C)c(C)c1. The van der Waals surface area contributed by atoms with E-state index in [-0.39, 0.29) is 22.9 Å². The Bertz CT molecular complexity index is 1070. The van der Waals surface area contributed by atoms with Gasteiger partial charge in [0.15, 0.2) is 0 Å².